The third-order valence-electron chi connectivity index (χ3n) is 9.91. The molecule has 0 saturated heterocycles. The van der Waals surface area contributed by atoms with Gasteiger partial charge in [0.2, 0.25) is 5.95 Å². The summed E-state index contributed by atoms with van der Waals surface area (Å²) >= 11 is 1.88. The van der Waals surface area contributed by atoms with Crippen LogP contribution in [0.25, 0.3) is 97.6 Å². The summed E-state index contributed by atoms with van der Waals surface area (Å²) in [6.07, 6.45) is 0. The second-order valence-corrected chi connectivity index (χ2v) is 13.7. The van der Waals surface area contributed by atoms with Crippen molar-refractivity contribution in [3.63, 3.8) is 0 Å². The lowest BCUT2D eigenvalue weighted by atomic mass is 10.0. The summed E-state index contributed by atoms with van der Waals surface area (Å²) < 4.78 is 7.27. The van der Waals surface area contributed by atoms with E-state index in [1.165, 1.54) is 42.0 Å². The number of hydrogen-bond donors (Lipinski definition) is 0. The summed E-state index contributed by atoms with van der Waals surface area (Å²) in [5.74, 6) is 0.670. The quantitative estimate of drug-likeness (QED) is 0.180. The van der Waals surface area contributed by atoms with Crippen LogP contribution in [0.2, 0.25) is 0 Å². The Morgan fingerprint density at radius 1 is 0.449 bits per heavy atom. The molecule has 0 N–H and O–H groups in total. The predicted molar refractivity (Wildman–Crippen MR) is 207 cm³/mol. The smallest absolute Gasteiger partial charge is 0.235 e. The largest absolute Gasteiger partial charge is 0.308 e. The molecule has 0 radical (unpaired) electrons. The topological polar surface area (TPSA) is 35.6 Å². The lowest BCUT2D eigenvalue weighted by molar-refractivity contribution is 1.02. The molecular formula is C44H26N4S. The standard InChI is InChI=1S/C44H26N4S/c1-3-14-28(15-4-1)40-33-24-23-27-13-7-8-18-30(27)41(33)46-44(45-40)48-36-21-11-9-19-31(36)34-26-39-35(25-38(34)48)42-43(49-39)32-20-10-12-22-37(32)47(42)29-16-5-2-6-17-29/h1-26H. The second kappa shape index (κ2) is 10.1. The molecule has 228 valence electrons. The van der Waals surface area contributed by atoms with Crippen molar-refractivity contribution in [2.45, 2.75) is 0 Å². The van der Waals surface area contributed by atoms with E-state index in [1.54, 1.807) is 0 Å². The van der Waals surface area contributed by atoms with Gasteiger partial charge in [-0.25, -0.2) is 9.97 Å². The Kier molecular flexibility index (Phi) is 5.51. The number of thiophene rings is 1. The molecule has 0 atom stereocenters. The van der Waals surface area contributed by atoms with Crippen molar-refractivity contribution in [2.75, 3.05) is 0 Å². The third-order valence-corrected chi connectivity index (χ3v) is 11.1. The molecule has 0 aliphatic rings. The highest BCUT2D eigenvalue weighted by Crippen LogP contribution is 2.45. The first kappa shape index (κ1) is 26.7. The van der Waals surface area contributed by atoms with Crippen LogP contribution in [0.1, 0.15) is 0 Å². The SMILES string of the molecule is c1ccc(-c2nc(-n3c4ccccc4c4cc5sc6c7ccccc7n(-c7ccccc7)c6c5cc43)nc3c2ccc2ccccc23)cc1. The molecule has 0 aliphatic heterocycles. The van der Waals surface area contributed by atoms with Crippen LogP contribution in [0, 0.1) is 0 Å². The van der Waals surface area contributed by atoms with Gasteiger partial charge in [-0.2, -0.15) is 0 Å². The second-order valence-electron chi connectivity index (χ2n) is 12.6. The average Bonchev–Trinajstić information content (AvgIpc) is 3.80. The first-order chi connectivity index (χ1) is 24.3. The highest BCUT2D eigenvalue weighted by molar-refractivity contribution is 7.26. The number of fused-ring (bicyclic) bond motifs is 11. The van der Waals surface area contributed by atoms with E-state index in [9.17, 15) is 0 Å². The van der Waals surface area contributed by atoms with E-state index in [0.29, 0.717) is 5.95 Å². The van der Waals surface area contributed by atoms with E-state index in [0.717, 1.165) is 49.7 Å². The number of nitrogens with zero attached hydrogens (tertiary/aromatic N) is 4. The molecule has 4 nitrogen and oxygen atoms in total. The van der Waals surface area contributed by atoms with Gasteiger partial charge in [0.05, 0.1) is 38.0 Å². The Bertz CT molecular complexity index is 3100. The average molecular weight is 643 g/mol. The molecule has 0 bridgehead atoms. The van der Waals surface area contributed by atoms with Crippen molar-refractivity contribution in [3.8, 4) is 22.9 Å². The molecule has 4 heterocycles. The Balaban J connectivity index is 1.30. The van der Waals surface area contributed by atoms with Gasteiger partial charge in [0.15, 0.2) is 0 Å². The van der Waals surface area contributed by atoms with Crippen molar-refractivity contribution in [2.24, 2.45) is 0 Å². The molecule has 0 spiro atoms. The van der Waals surface area contributed by atoms with Crippen LogP contribution in [0.4, 0.5) is 0 Å². The highest BCUT2D eigenvalue weighted by Gasteiger charge is 2.22. The first-order valence-electron chi connectivity index (χ1n) is 16.5. The van der Waals surface area contributed by atoms with Crippen LogP contribution < -0.4 is 0 Å². The van der Waals surface area contributed by atoms with Crippen LogP contribution in [0.3, 0.4) is 0 Å². The molecule has 0 fully saturated rings. The Hall–Kier alpha value is -6.30. The number of aromatic nitrogens is 4. The van der Waals surface area contributed by atoms with Crippen LogP contribution >= 0.6 is 11.3 Å². The van der Waals surface area contributed by atoms with Gasteiger partial charge in [-0.15, -0.1) is 11.3 Å². The summed E-state index contributed by atoms with van der Waals surface area (Å²) in [5, 5.41) is 8.22. The first-order valence-corrected chi connectivity index (χ1v) is 17.3. The fraction of sp³-hybridized carbons (Fsp3) is 0. The minimum Gasteiger partial charge on any atom is -0.308 e. The summed E-state index contributed by atoms with van der Waals surface area (Å²) in [7, 11) is 0. The van der Waals surface area contributed by atoms with Gasteiger partial charge in [-0.3, -0.25) is 4.57 Å². The van der Waals surface area contributed by atoms with E-state index in [2.05, 4.69) is 167 Å². The maximum atomic E-state index is 5.41. The maximum Gasteiger partial charge on any atom is 0.235 e. The van der Waals surface area contributed by atoms with Crippen molar-refractivity contribution < 1.29 is 0 Å². The van der Waals surface area contributed by atoms with Gasteiger partial charge in [-0.05, 0) is 47.9 Å². The van der Waals surface area contributed by atoms with Crippen molar-refractivity contribution in [1.29, 1.82) is 0 Å². The zero-order valence-electron chi connectivity index (χ0n) is 26.2. The van der Waals surface area contributed by atoms with Crippen LogP contribution in [0.15, 0.2) is 158 Å². The molecule has 5 heteroatoms. The minimum atomic E-state index is 0.670. The number of rotatable bonds is 3. The normalized spacial score (nSPS) is 12.1. The van der Waals surface area contributed by atoms with Gasteiger partial charge in [0.1, 0.15) is 0 Å². The van der Waals surface area contributed by atoms with Gasteiger partial charge in [0, 0.05) is 48.3 Å². The molecular weight excluding hydrogens is 617 g/mol. The molecule has 49 heavy (non-hydrogen) atoms. The molecule has 11 aromatic rings. The van der Waals surface area contributed by atoms with Gasteiger partial charge in [0.25, 0.3) is 0 Å². The monoisotopic (exact) mass is 642 g/mol. The van der Waals surface area contributed by atoms with Crippen molar-refractivity contribution in [3.05, 3.63) is 158 Å². The summed E-state index contributed by atoms with van der Waals surface area (Å²) in [5.41, 5.74) is 8.76. The lowest BCUT2D eigenvalue weighted by Gasteiger charge is -2.13. The Morgan fingerprint density at radius 3 is 1.94 bits per heavy atom. The highest BCUT2D eigenvalue weighted by atomic mass is 32.1. The van der Waals surface area contributed by atoms with Gasteiger partial charge in [-0.1, -0.05) is 115 Å². The molecule has 0 amide bonds. The number of para-hydroxylation sites is 3. The van der Waals surface area contributed by atoms with E-state index >= 15 is 0 Å². The zero-order chi connectivity index (χ0) is 32.1. The van der Waals surface area contributed by atoms with Crippen LogP contribution in [0.5, 0.6) is 0 Å². The lowest BCUT2D eigenvalue weighted by Crippen LogP contribution is -2.03. The molecule has 7 aromatic carbocycles. The van der Waals surface area contributed by atoms with E-state index in [1.807, 2.05) is 11.3 Å². The van der Waals surface area contributed by atoms with E-state index in [-0.39, 0.29) is 0 Å². The summed E-state index contributed by atoms with van der Waals surface area (Å²) in [6, 6.07) is 56.2. The molecule has 0 saturated carbocycles. The zero-order valence-corrected chi connectivity index (χ0v) is 27.0. The molecule has 0 unspecified atom stereocenters. The van der Waals surface area contributed by atoms with Crippen molar-refractivity contribution >= 4 is 86.0 Å². The maximum absolute atomic E-state index is 5.41. The summed E-state index contributed by atoms with van der Waals surface area (Å²) in [4.78, 5) is 10.8. The predicted octanol–water partition coefficient (Wildman–Crippen LogP) is 11.9. The molecule has 11 rings (SSSR count). The summed E-state index contributed by atoms with van der Waals surface area (Å²) in [6.45, 7) is 0. The minimum absolute atomic E-state index is 0.670. The molecule has 0 aliphatic carbocycles. The number of hydrogen-bond acceptors (Lipinski definition) is 3. The van der Waals surface area contributed by atoms with E-state index < -0.39 is 0 Å². The Morgan fingerprint density at radius 2 is 1.12 bits per heavy atom. The number of benzene rings is 7. The fourth-order valence-electron chi connectivity index (χ4n) is 7.76. The van der Waals surface area contributed by atoms with Gasteiger partial charge < -0.3 is 4.57 Å². The fourth-order valence-corrected chi connectivity index (χ4v) is 9.00. The van der Waals surface area contributed by atoms with E-state index in [4.69, 9.17) is 9.97 Å². The Labute approximate surface area is 284 Å². The third kappa shape index (κ3) is 3.79. The van der Waals surface area contributed by atoms with Crippen molar-refractivity contribution in [1.82, 2.24) is 19.1 Å². The van der Waals surface area contributed by atoms with Crippen LogP contribution in [-0.4, -0.2) is 19.1 Å². The van der Waals surface area contributed by atoms with Crippen LogP contribution in [-0.2, 0) is 0 Å². The molecule has 4 aromatic heterocycles. The van der Waals surface area contributed by atoms with Gasteiger partial charge >= 0.3 is 0 Å².